The second-order valence-corrected chi connectivity index (χ2v) is 8.27. The fourth-order valence-corrected chi connectivity index (χ4v) is 4.20. The van der Waals surface area contributed by atoms with Gasteiger partial charge in [-0.05, 0) is 54.6 Å². The molecule has 0 saturated carbocycles. The number of fused-ring (bicyclic) bond motifs is 1. The summed E-state index contributed by atoms with van der Waals surface area (Å²) in [6.07, 6.45) is 2.81. The van der Waals surface area contributed by atoms with Gasteiger partial charge in [-0.15, -0.1) is 0 Å². The molecule has 1 aliphatic rings. The maximum atomic E-state index is 6.25. The molecule has 0 aliphatic carbocycles. The quantitative estimate of drug-likeness (QED) is 0.424. The first kappa shape index (κ1) is 20.5. The Balaban J connectivity index is 1.28. The number of nitrogen functional groups attached to an aromatic ring is 1. The highest BCUT2D eigenvalue weighted by Crippen LogP contribution is 2.31. The Hall–Kier alpha value is -3.35. The van der Waals surface area contributed by atoms with Crippen LogP contribution in [0.25, 0.3) is 22.7 Å². The second-order valence-electron chi connectivity index (χ2n) is 7.86. The van der Waals surface area contributed by atoms with Crippen LogP contribution in [0.2, 0.25) is 5.02 Å². The monoisotopic (exact) mass is 446 g/mol. The number of aromatic nitrogens is 2. The van der Waals surface area contributed by atoms with Gasteiger partial charge in [0, 0.05) is 48.1 Å². The number of nitrogens with zero attached hydrogens (tertiary/aromatic N) is 3. The molecule has 0 saturated heterocycles. The fourth-order valence-electron chi connectivity index (χ4n) is 3.94. The summed E-state index contributed by atoms with van der Waals surface area (Å²) < 4.78 is 11.3. The van der Waals surface area contributed by atoms with Crippen LogP contribution < -0.4 is 10.5 Å². The number of ether oxygens (including phenoxy) is 1. The number of hydrogen-bond acceptors (Lipinski definition) is 6. The maximum absolute atomic E-state index is 6.25. The van der Waals surface area contributed by atoms with E-state index in [1.807, 2.05) is 60.8 Å². The van der Waals surface area contributed by atoms with Crippen molar-refractivity contribution < 1.29 is 9.15 Å². The largest absolute Gasteiger partial charge is 0.495 e. The van der Waals surface area contributed by atoms with Gasteiger partial charge in [-0.25, -0.2) is 9.97 Å². The van der Waals surface area contributed by atoms with Crippen LogP contribution in [-0.2, 0) is 19.5 Å². The van der Waals surface area contributed by atoms with E-state index < -0.39 is 0 Å². The van der Waals surface area contributed by atoms with Gasteiger partial charge < -0.3 is 14.9 Å². The van der Waals surface area contributed by atoms with Crippen molar-refractivity contribution in [1.29, 1.82) is 0 Å². The summed E-state index contributed by atoms with van der Waals surface area (Å²) in [4.78, 5) is 11.7. The Bertz CT molecular complexity index is 1250. The molecule has 0 fully saturated rings. The zero-order valence-electron chi connectivity index (χ0n) is 17.7. The van der Waals surface area contributed by atoms with Crippen molar-refractivity contribution in [1.82, 2.24) is 14.9 Å². The molecule has 3 heterocycles. The lowest BCUT2D eigenvalue weighted by Gasteiger charge is -2.27. The molecule has 6 nitrogen and oxygen atoms in total. The van der Waals surface area contributed by atoms with Gasteiger partial charge in [0.15, 0.2) is 5.82 Å². The summed E-state index contributed by atoms with van der Waals surface area (Å²) in [5.41, 5.74) is 10.7. The van der Waals surface area contributed by atoms with Crippen molar-refractivity contribution in [2.45, 2.75) is 19.5 Å². The lowest BCUT2D eigenvalue weighted by molar-refractivity contribution is 0.224. The Morgan fingerprint density at radius 1 is 1.09 bits per heavy atom. The molecule has 5 rings (SSSR count). The molecule has 1 aliphatic heterocycles. The minimum absolute atomic E-state index is 0.564. The van der Waals surface area contributed by atoms with Crippen LogP contribution in [-0.4, -0.2) is 28.5 Å². The van der Waals surface area contributed by atoms with Crippen molar-refractivity contribution in [2.75, 3.05) is 19.4 Å². The van der Waals surface area contributed by atoms with Crippen molar-refractivity contribution in [3.05, 3.63) is 82.8 Å². The molecule has 7 heteroatoms. The SMILES string of the molecule is COc1ccc(-c2ccc(CN3CCc4nc(-c5ccc(N)cc5)ncc4C3)o2)cc1Cl. The molecule has 2 aromatic carbocycles. The van der Waals surface area contributed by atoms with Crippen molar-refractivity contribution in [2.24, 2.45) is 0 Å². The summed E-state index contributed by atoms with van der Waals surface area (Å²) in [6.45, 7) is 2.43. The molecule has 0 bridgehead atoms. The van der Waals surface area contributed by atoms with Gasteiger partial charge >= 0.3 is 0 Å². The Labute approximate surface area is 191 Å². The number of anilines is 1. The zero-order chi connectivity index (χ0) is 22.1. The summed E-state index contributed by atoms with van der Waals surface area (Å²) in [5.74, 6) is 3.09. The van der Waals surface area contributed by atoms with E-state index in [-0.39, 0.29) is 0 Å². The van der Waals surface area contributed by atoms with Crippen LogP contribution in [0.5, 0.6) is 5.75 Å². The van der Waals surface area contributed by atoms with Gasteiger partial charge in [-0.3, -0.25) is 4.90 Å². The lowest BCUT2D eigenvalue weighted by atomic mass is 10.1. The van der Waals surface area contributed by atoms with E-state index >= 15 is 0 Å². The standard InChI is InChI=1S/C25H23ClN4O2/c1-31-24-8-4-17(12-21(24)26)23-9-7-20(32-23)15-30-11-10-22-18(14-30)13-28-25(29-22)16-2-5-19(27)6-3-16/h2-9,12-13H,10-11,14-15,27H2,1H3. The molecule has 162 valence electrons. The number of hydrogen-bond donors (Lipinski definition) is 1. The van der Waals surface area contributed by atoms with Gasteiger partial charge in [0.05, 0.1) is 24.4 Å². The van der Waals surface area contributed by atoms with Gasteiger partial charge in [-0.1, -0.05) is 11.6 Å². The number of halogens is 1. The highest BCUT2D eigenvalue weighted by molar-refractivity contribution is 6.32. The lowest BCUT2D eigenvalue weighted by Crippen LogP contribution is -2.30. The molecular formula is C25H23ClN4O2. The number of rotatable bonds is 5. The van der Waals surface area contributed by atoms with Gasteiger partial charge in [0.2, 0.25) is 0 Å². The highest BCUT2D eigenvalue weighted by Gasteiger charge is 2.20. The van der Waals surface area contributed by atoms with Gasteiger partial charge in [0.25, 0.3) is 0 Å². The Morgan fingerprint density at radius 2 is 1.91 bits per heavy atom. The van der Waals surface area contributed by atoms with Crippen LogP contribution >= 0.6 is 11.6 Å². The molecule has 2 N–H and O–H groups in total. The molecule has 2 aromatic heterocycles. The third-order valence-corrected chi connectivity index (χ3v) is 5.95. The number of benzene rings is 2. The fraction of sp³-hybridized carbons (Fsp3) is 0.200. The minimum Gasteiger partial charge on any atom is -0.495 e. The van der Waals surface area contributed by atoms with Crippen LogP contribution in [0.15, 0.2) is 65.2 Å². The van der Waals surface area contributed by atoms with E-state index in [0.717, 1.165) is 71.5 Å². The average molecular weight is 447 g/mol. The molecule has 32 heavy (non-hydrogen) atoms. The van der Waals surface area contributed by atoms with Crippen LogP contribution in [0.4, 0.5) is 5.69 Å². The van der Waals surface area contributed by atoms with E-state index in [9.17, 15) is 0 Å². The third kappa shape index (κ3) is 4.20. The molecule has 0 unspecified atom stereocenters. The van der Waals surface area contributed by atoms with E-state index in [1.165, 1.54) is 0 Å². The number of methoxy groups -OCH3 is 1. The van der Waals surface area contributed by atoms with E-state index in [2.05, 4.69) is 9.88 Å². The maximum Gasteiger partial charge on any atom is 0.159 e. The molecule has 4 aromatic rings. The predicted octanol–water partition coefficient (Wildman–Crippen LogP) is 5.21. The number of furan rings is 1. The summed E-state index contributed by atoms with van der Waals surface area (Å²) in [6, 6.07) is 17.3. The molecule has 0 radical (unpaired) electrons. The van der Waals surface area contributed by atoms with Crippen molar-refractivity contribution in [3.8, 4) is 28.5 Å². The summed E-state index contributed by atoms with van der Waals surface area (Å²) >= 11 is 6.25. The van der Waals surface area contributed by atoms with Crippen LogP contribution in [0.3, 0.4) is 0 Å². The van der Waals surface area contributed by atoms with E-state index in [4.69, 9.17) is 31.5 Å². The Morgan fingerprint density at radius 3 is 2.69 bits per heavy atom. The molecule has 0 amide bonds. The normalized spacial score (nSPS) is 13.7. The zero-order valence-corrected chi connectivity index (χ0v) is 18.5. The molecular weight excluding hydrogens is 424 g/mol. The average Bonchev–Trinajstić information content (AvgIpc) is 3.27. The smallest absolute Gasteiger partial charge is 0.159 e. The number of nitrogens with two attached hydrogens (primary N) is 1. The van der Waals surface area contributed by atoms with Gasteiger partial charge in [-0.2, -0.15) is 0 Å². The third-order valence-electron chi connectivity index (χ3n) is 5.66. The molecule has 0 atom stereocenters. The first-order valence-electron chi connectivity index (χ1n) is 10.4. The summed E-state index contributed by atoms with van der Waals surface area (Å²) in [5, 5.41) is 0.564. The molecule has 0 spiro atoms. The first-order chi connectivity index (χ1) is 15.6. The minimum atomic E-state index is 0.564. The predicted molar refractivity (Wildman–Crippen MR) is 125 cm³/mol. The topological polar surface area (TPSA) is 77.4 Å². The van der Waals surface area contributed by atoms with E-state index in [1.54, 1.807) is 7.11 Å². The van der Waals surface area contributed by atoms with Crippen molar-refractivity contribution >= 4 is 17.3 Å². The highest BCUT2D eigenvalue weighted by atomic mass is 35.5. The van der Waals surface area contributed by atoms with Crippen molar-refractivity contribution in [3.63, 3.8) is 0 Å². The first-order valence-corrected chi connectivity index (χ1v) is 10.8. The summed E-state index contributed by atoms with van der Waals surface area (Å²) in [7, 11) is 1.60. The second kappa shape index (κ2) is 8.65. The van der Waals surface area contributed by atoms with Crippen LogP contribution in [0, 0.1) is 0 Å². The van der Waals surface area contributed by atoms with Gasteiger partial charge in [0.1, 0.15) is 17.3 Å². The van der Waals surface area contributed by atoms with Crippen LogP contribution in [0.1, 0.15) is 17.0 Å². The van der Waals surface area contributed by atoms with E-state index in [0.29, 0.717) is 10.8 Å². The Kier molecular flexibility index (Phi) is 5.55.